The van der Waals surface area contributed by atoms with Gasteiger partial charge in [-0.1, -0.05) is 6.42 Å². The summed E-state index contributed by atoms with van der Waals surface area (Å²) >= 11 is 0. The third-order valence-electron chi connectivity index (χ3n) is 3.93. The molecule has 2 fully saturated rings. The highest BCUT2D eigenvalue weighted by atomic mass is 16.6. The Kier molecular flexibility index (Phi) is 1.92. The average molecular weight is 169 g/mol. The lowest BCUT2D eigenvalue weighted by Gasteiger charge is -2.35. The zero-order valence-electron chi connectivity index (χ0n) is 8.05. The molecular formula is C10H19NO. The van der Waals surface area contributed by atoms with E-state index >= 15 is 0 Å². The summed E-state index contributed by atoms with van der Waals surface area (Å²) in [5.74, 6) is 7.91. The van der Waals surface area contributed by atoms with E-state index in [0.717, 1.165) is 11.8 Å². The van der Waals surface area contributed by atoms with Crippen LogP contribution in [0, 0.1) is 17.8 Å². The van der Waals surface area contributed by atoms with Crippen molar-refractivity contribution in [2.24, 2.45) is 23.7 Å². The molecule has 2 rings (SSSR count). The highest BCUT2D eigenvalue weighted by Gasteiger charge is 2.46. The summed E-state index contributed by atoms with van der Waals surface area (Å²) in [6, 6.07) is 0. The Labute approximate surface area is 74.4 Å². The standard InChI is InChI=1S/C10H19NO/c1-10(2,12-11)9-6-7-3-4-8(9)5-7/h7-9H,3-6,11H2,1-2H3. The lowest BCUT2D eigenvalue weighted by molar-refractivity contribution is -0.0782. The average Bonchev–Trinajstić information content (AvgIpc) is 2.64. The maximum Gasteiger partial charge on any atom is 0.0868 e. The first-order valence-electron chi connectivity index (χ1n) is 5.01. The van der Waals surface area contributed by atoms with E-state index in [-0.39, 0.29) is 5.60 Å². The Morgan fingerprint density at radius 1 is 1.25 bits per heavy atom. The second kappa shape index (κ2) is 2.71. The summed E-state index contributed by atoms with van der Waals surface area (Å²) in [7, 11) is 0. The van der Waals surface area contributed by atoms with Crippen molar-refractivity contribution in [1.82, 2.24) is 0 Å². The van der Waals surface area contributed by atoms with Crippen LogP contribution in [0.15, 0.2) is 0 Å². The third-order valence-corrected chi connectivity index (χ3v) is 3.93. The molecule has 2 nitrogen and oxygen atoms in total. The number of nitrogens with two attached hydrogens (primary N) is 1. The van der Waals surface area contributed by atoms with Gasteiger partial charge in [0.1, 0.15) is 0 Å². The largest absolute Gasteiger partial charge is 0.298 e. The van der Waals surface area contributed by atoms with Gasteiger partial charge in [0.2, 0.25) is 0 Å². The van der Waals surface area contributed by atoms with Gasteiger partial charge in [0.05, 0.1) is 5.60 Å². The summed E-state index contributed by atoms with van der Waals surface area (Å²) in [4.78, 5) is 5.07. The second-order valence-corrected chi connectivity index (χ2v) is 5.00. The smallest absolute Gasteiger partial charge is 0.0868 e. The molecular weight excluding hydrogens is 150 g/mol. The minimum atomic E-state index is -0.0974. The van der Waals surface area contributed by atoms with Gasteiger partial charge in [-0.2, -0.15) is 0 Å². The molecule has 12 heavy (non-hydrogen) atoms. The van der Waals surface area contributed by atoms with E-state index in [2.05, 4.69) is 13.8 Å². The van der Waals surface area contributed by atoms with Gasteiger partial charge in [-0.15, -0.1) is 0 Å². The van der Waals surface area contributed by atoms with Gasteiger partial charge in [-0.3, -0.25) is 4.84 Å². The van der Waals surface area contributed by atoms with Crippen LogP contribution in [0.3, 0.4) is 0 Å². The van der Waals surface area contributed by atoms with Crippen LogP contribution < -0.4 is 5.90 Å². The van der Waals surface area contributed by atoms with Gasteiger partial charge in [0.25, 0.3) is 0 Å². The van der Waals surface area contributed by atoms with Crippen LogP contribution in [-0.4, -0.2) is 5.60 Å². The molecule has 0 aliphatic heterocycles. The molecule has 0 aromatic heterocycles. The van der Waals surface area contributed by atoms with Gasteiger partial charge in [0, 0.05) is 0 Å². The Balaban J connectivity index is 2.06. The summed E-state index contributed by atoms with van der Waals surface area (Å²) in [5, 5.41) is 0. The van der Waals surface area contributed by atoms with E-state index in [1.807, 2.05) is 0 Å². The molecule has 3 atom stereocenters. The van der Waals surface area contributed by atoms with E-state index in [1.54, 1.807) is 0 Å². The van der Waals surface area contributed by atoms with E-state index in [0.29, 0.717) is 5.92 Å². The molecule has 3 unspecified atom stereocenters. The molecule has 2 aliphatic rings. The fraction of sp³-hybridized carbons (Fsp3) is 1.00. The molecule has 0 spiro atoms. The minimum Gasteiger partial charge on any atom is -0.298 e. The van der Waals surface area contributed by atoms with Gasteiger partial charge < -0.3 is 0 Å². The van der Waals surface area contributed by atoms with Crippen molar-refractivity contribution in [3.63, 3.8) is 0 Å². The van der Waals surface area contributed by atoms with Crippen LogP contribution in [0.5, 0.6) is 0 Å². The molecule has 0 aromatic carbocycles. The molecule has 0 heterocycles. The van der Waals surface area contributed by atoms with Crippen LogP contribution in [-0.2, 0) is 4.84 Å². The van der Waals surface area contributed by atoms with Gasteiger partial charge in [0.15, 0.2) is 0 Å². The third kappa shape index (κ3) is 1.17. The Morgan fingerprint density at radius 2 is 2.00 bits per heavy atom. The Morgan fingerprint density at radius 3 is 2.42 bits per heavy atom. The van der Waals surface area contributed by atoms with Crippen LogP contribution in [0.25, 0.3) is 0 Å². The molecule has 2 saturated carbocycles. The fourth-order valence-corrected chi connectivity index (χ4v) is 3.18. The zero-order chi connectivity index (χ0) is 8.77. The van der Waals surface area contributed by atoms with Crippen LogP contribution in [0.2, 0.25) is 0 Å². The molecule has 0 amide bonds. The highest BCUT2D eigenvalue weighted by molar-refractivity contribution is 4.96. The first kappa shape index (κ1) is 8.52. The monoisotopic (exact) mass is 169 g/mol. The molecule has 0 radical (unpaired) electrons. The summed E-state index contributed by atoms with van der Waals surface area (Å²) in [5.41, 5.74) is -0.0974. The van der Waals surface area contributed by atoms with Crippen molar-refractivity contribution in [3.05, 3.63) is 0 Å². The molecule has 2 aliphatic carbocycles. The molecule has 70 valence electrons. The quantitative estimate of drug-likeness (QED) is 0.642. The topological polar surface area (TPSA) is 35.2 Å². The Bertz CT molecular complexity index is 179. The van der Waals surface area contributed by atoms with Gasteiger partial charge >= 0.3 is 0 Å². The SMILES string of the molecule is CC(C)(ON)C1CC2CCC1C2. The van der Waals surface area contributed by atoms with E-state index in [1.165, 1.54) is 25.7 Å². The molecule has 2 bridgehead atoms. The van der Waals surface area contributed by atoms with E-state index in [9.17, 15) is 0 Å². The summed E-state index contributed by atoms with van der Waals surface area (Å²) < 4.78 is 0. The lowest BCUT2D eigenvalue weighted by Crippen LogP contribution is -2.39. The number of hydrogen-bond acceptors (Lipinski definition) is 2. The zero-order valence-corrected chi connectivity index (χ0v) is 8.05. The molecule has 2 N–H and O–H groups in total. The van der Waals surface area contributed by atoms with Gasteiger partial charge in [-0.25, -0.2) is 5.90 Å². The fourth-order valence-electron chi connectivity index (χ4n) is 3.18. The van der Waals surface area contributed by atoms with E-state index < -0.39 is 0 Å². The van der Waals surface area contributed by atoms with E-state index in [4.69, 9.17) is 10.7 Å². The van der Waals surface area contributed by atoms with Gasteiger partial charge in [-0.05, 0) is 50.9 Å². The summed E-state index contributed by atoms with van der Waals surface area (Å²) in [6.45, 7) is 4.25. The van der Waals surface area contributed by atoms with Crippen LogP contribution >= 0.6 is 0 Å². The summed E-state index contributed by atoms with van der Waals surface area (Å²) in [6.07, 6.45) is 5.62. The van der Waals surface area contributed by atoms with Crippen molar-refractivity contribution in [1.29, 1.82) is 0 Å². The number of rotatable bonds is 2. The first-order valence-corrected chi connectivity index (χ1v) is 5.01. The van der Waals surface area contributed by atoms with Crippen molar-refractivity contribution in [2.45, 2.75) is 45.1 Å². The number of hydrogen-bond donors (Lipinski definition) is 1. The Hall–Kier alpha value is -0.0800. The molecule has 0 aromatic rings. The predicted molar refractivity (Wildman–Crippen MR) is 48.3 cm³/mol. The number of fused-ring (bicyclic) bond motifs is 2. The lowest BCUT2D eigenvalue weighted by atomic mass is 9.78. The minimum absolute atomic E-state index is 0.0974. The molecule has 0 saturated heterocycles. The first-order chi connectivity index (χ1) is 5.63. The molecule has 2 heteroatoms. The maximum atomic E-state index is 5.32. The predicted octanol–water partition coefficient (Wildman–Crippen LogP) is 2.09. The van der Waals surface area contributed by atoms with Crippen molar-refractivity contribution in [2.75, 3.05) is 0 Å². The van der Waals surface area contributed by atoms with Crippen LogP contribution in [0.4, 0.5) is 0 Å². The highest BCUT2D eigenvalue weighted by Crippen LogP contribution is 2.52. The van der Waals surface area contributed by atoms with Crippen molar-refractivity contribution >= 4 is 0 Å². The van der Waals surface area contributed by atoms with Crippen molar-refractivity contribution in [3.8, 4) is 0 Å². The normalized spacial score (nSPS) is 40.8. The second-order valence-electron chi connectivity index (χ2n) is 5.00. The maximum absolute atomic E-state index is 5.32. The van der Waals surface area contributed by atoms with Crippen LogP contribution in [0.1, 0.15) is 39.5 Å². The van der Waals surface area contributed by atoms with Crippen molar-refractivity contribution < 1.29 is 4.84 Å².